The minimum absolute atomic E-state index is 0. The second-order valence-corrected chi connectivity index (χ2v) is 7.26. The molecule has 3 rings (SSSR count). The number of rotatable bonds is 3. The van der Waals surface area contributed by atoms with Gasteiger partial charge < -0.3 is 5.73 Å². The number of hydrogen-bond donors (Lipinski definition) is 1. The van der Waals surface area contributed by atoms with Crippen molar-refractivity contribution in [3.63, 3.8) is 0 Å². The molecule has 2 unspecified atom stereocenters. The first kappa shape index (κ1) is 16.0. The summed E-state index contributed by atoms with van der Waals surface area (Å²) in [5.74, 6) is 0. The molecule has 4 nitrogen and oxygen atoms in total. The van der Waals surface area contributed by atoms with Crippen LogP contribution in [0, 0.1) is 0 Å². The number of halogens is 1. The molecule has 1 aromatic rings. The Kier molecular flexibility index (Phi) is 5.29. The molecular formula is C14H25ClN4S. The molecule has 2 bridgehead atoms. The third-order valence-electron chi connectivity index (χ3n) is 4.47. The maximum absolute atomic E-state index is 5.72. The number of thiazole rings is 1. The molecule has 2 fully saturated rings. The number of likely N-dealkylation sites (tertiary alicyclic amines) is 1. The van der Waals surface area contributed by atoms with E-state index in [0.717, 1.165) is 18.6 Å². The van der Waals surface area contributed by atoms with Gasteiger partial charge in [-0.15, -0.1) is 23.7 Å². The zero-order chi connectivity index (χ0) is 13.4. The van der Waals surface area contributed by atoms with Gasteiger partial charge in [0, 0.05) is 48.8 Å². The molecule has 1 aromatic heterocycles. The van der Waals surface area contributed by atoms with Gasteiger partial charge in [-0.1, -0.05) is 0 Å². The molecule has 2 atom stereocenters. The number of hydrogen-bond acceptors (Lipinski definition) is 5. The molecule has 0 radical (unpaired) electrons. The Morgan fingerprint density at radius 1 is 1.35 bits per heavy atom. The quantitative estimate of drug-likeness (QED) is 0.931. The summed E-state index contributed by atoms with van der Waals surface area (Å²) in [6.45, 7) is 8.11. The average Bonchev–Trinajstić information content (AvgIpc) is 2.86. The van der Waals surface area contributed by atoms with Gasteiger partial charge in [0.1, 0.15) is 0 Å². The van der Waals surface area contributed by atoms with Crippen molar-refractivity contribution in [3.8, 4) is 0 Å². The first-order valence-electron chi connectivity index (χ1n) is 7.33. The molecular weight excluding hydrogens is 292 g/mol. The predicted octanol–water partition coefficient (Wildman–Crippen LogP) is 2.59. The van der Waals surface area contributed by atoms with Gasteiger partial charge >= 0.3 is 0 Å². The smallest absolute Gasteiger partial charge is 0.180 e. The lowest BCUT2D eigenvalue weighted by molar-refractivity contribution is 0.145. The lowest BCUT2D eigenvalue weighted by Crippen LogP contribution is -2.43. The monoisotopic (exact) mass is 316 g/mol. The molecule has 3 heterocycles. The number of fused-ring (bicyclic) bond motifs is 2. The van der Waals surface area contributed by atoms with Crippen LogP contribution in [0.4, 0.5) is 5.13 Å². The standard InChI is InChI=1S/C14H24N4S.ClH/c1-10(2)18-11-3-4-12(18)8-17(6-5-11)9-13-7-16-14(15)19-13;/h7,10-12H,3-6,8-9H2,1-2H3,(H2,15,16);1H. The van der Waals surface area contributed by atoms with Gasteiger partial charge in [-0.25, -0.2) is 4.98 Å². The van der Waals surface area contributed by atoms with Crippen LogP contribution in [0.1, 0.15) is 38.0 Å². The molecule has 114 valence electrons. The van der Waals surface area contributed by atoms with E-state index in [-0.39, 0.29) is 12.4 Å². The van der Waals surface area contributed by atoms with E-state index < -0.39 is 0 Å². The molecule has 20 heavy (non-hydrogen) atoms. The first-order valence-corrected chi connectivity index (χ1v) is 8.15. The van der Waals surface area contributed by atoms with Gasteiger partial charge in [0.2, 0.25) is 0 Å². The largest absolute Gasteiger partial charge is 0.375 e. The minimum Gasteiger partial charge on any atom is -0.375 e. The normalized spacial score (nSPS) is 27.6. The Morgan fingerprint density at radius 2 is 2.10 bits per heavy atom. The highest BCUT2D eigenvalue weighted by molar-refractivity contribution is 7.15. The highest BCUT2D eigenvalue weighted by Crippen LogP contribution is 2.32. The van der Waals surface area contributed by atoms with Gasteiger partial charge in [-0.05, 0) is 33.1 Å². The van der Waals surface area contributed by atoms with Crippen LogP contribution in [0.15, 0.2) is 6.20 Å². The van der Waals surface area contributed by atoms with E-state index >= 15 is 0 Å². The molecule has 2 aliphatic rings. The summed E-state index contributed by atoms with van der Waals surface area (Å²) in [4.78, 5) is 10.8. The van der Waals surface area contributed by atoms with Crippen molar-refractivity contribution in [2.45, 2.75) is 57.8 Å². The first-order chi connectivity index (χ1) is 9.13. The van der Waals surface area contributed by atoms with Crippen molar-refractivity contribution in [3.05, 3.63) is 11.1 Å². The summed E-state index contributed by atoms with van der Waals surface area (Å²) < 4.78 is 0. The Hall–Kier alpha value is -0.360. The zero-order valence-electron chi connectivity index (χ0n) is 12.3. The summed E-state index contributed by atoms with van der Waals surface area (Å²) in [7, 11) is 0. The molecule has 2 N–H and O–H groups in total. The van der Waals surface area contributed by atoms with E-state index in [4.69, 9.17) is 5.73 Å². The number of nitrogen functional groups attached to an aromatic ring is 1. The summed E-state index contributed by atoms with van der Waals surface area (Å²) in [5.41, 5.74) is 5.72. The Labute approximate surface area is 131 Å². The molecule has 0 amide bonds. The fourth-order valence-electron chi connectivity index (χ4n) is 3.78. The maximum Gasteiger partial charge on any atom is 0.180 e. The summed E-state index contributed by atoms with van der Waals surface area (Å²) in [5, 5.41) is 0.690. The number of aromatic nitrogens is 1. The van der Waals surface area contributed by atoms with Gasteiger partial charge in [0.05, 0.1) is 0 Å². The van der Waals surface area contributed by atoms with Crippen molar-refractivity contribution in [2.75, 3.05) is 18.8 Å². The van der Waals surface area contributed by atoms with E-state index in [1.165, 1.54) is 37.2 Å². The Bertz CT molecular complexity index is 437. The third-order valence-corrected chi connectivity index (χ3v) is 5.28. The van der Waals surface area contributed by atoms with Crippen LogP contribution in [-0.2, 0) is 6.54 Å². The van der Waals surface area contributed by atoms with Crippen LogP contribution >= 0.6 is 23.7 Å². The SMILES string of the molecule is CC(C)N1C2CCC1CN(Cc1cnc(N)s1)CC2.Cl. The minimum atomic E-state index is 0. The molecule has 2 saturated heterocycles. The van der Waals surface area contributed by atoms with E-state index in [9.17, 15) is 0 Å². The Morgan fingerprint density at radius 3 is 2.75 bits per heavy atom. The third kappa shape index (κ3) is 3.27. The predicted molar refractivity (Wildman–Crippen MR) is 87.5 cm³/mol. The summed E-state index contributed by atoms with van der Waals surface area (Å²) in [6, 6.07) is 2.23. The summed E-state index contributed by atoms with van der Waals surface area (Å²) >= 11 is 1.63. The molecule has 6 heteroatoms. The highest BCUT2D eigenvalue weighted by Gasteiger charge is 2.38. The van der Waals surface area contributed by atoms with Gasteiger partial charge in [0.25, 0.3) is 0 Å². The van der Waals surface area contributed by atoms with Crippen molar-refractivity contribution in [2.24, 2.45) is 0 Å². The van der Waals surface area contributed by atoms with Gasteiger partial charge in [-0.3, -0.25) is 9.80 Å². The van der Waals surface area contributed by atoms with Crippen LogP contribution in [0.2, 0.25) is 0 Å². The lowest BCUT2D eigenvalue weighted by Gasteiger charge is -2.32. The number of nitrogens with zero attached hydrogens (tertiary/aromatic N) is 3. The number of nitrogens with two attached hydrogens (primary N) is 1. The molecule has 0 spiro atoms. The van der Waals surface area contributed by atoms with E-state index in [1.807, 2.05) is 6.20 Å². The van der Waals surface area contributed by atoms with Gasteiger partial charge in [-0.2, -0.15) is 0 Å². The van der Waals surface area contributed by atoms with E-state index in [2.05, 4.69) is 28.6 Å². The zero-order valence-corrected chi connectivity index (χ0v) is 13.9. The van der Waals surface area contributed by atoms with Crippen LogP contribution in [0.3, 0.4) is 0 Å². The van der Waals surface area contributed by atoms with Crippen molar-refractivity contribution in [1.29, 1.82) is 0 Å². The average molecular weight is 317 g/mol. The second kappa shape index (κ2) is 6.60. The Balaban J connectivity index is 0.00000147. The maximum atomic E-state index is 5.72. The van der Waals surface area contributed by atoms with E-state index in [1.54, 1.807) is 11.3 Å². The van der Waals surface area contributed by atoms with Gasteiger partial charge in [0.15, 0.2) is 5.13 Å². The van der Waals surface area contributed by atoms with Crippen molar-refractivity contribution >= 4 is 28.9 Å². The van der Waals surface area contributed by atoms with Crippen molar-refractivity contribution < 1.29 is 0 Å². The van der Waals surface area contributed by atoms with Crippen LogP contribution in [-0.4, -0.2) is 46.0 Å². The molecule has 0 aromatic carbocycles. The fraction of sp³-hybridized carbons (Fsp3) is 0.786. The topological polar surface area (TPSA) is 45.4 Å². The highest BCUT2D eigenvalue weighted by atomic mass is 35.5. The van der Waals surface area contributed by atoms with Crippen LogP contribution < -0.4 is 5.73 Å². The second-order valence-electron chi connectivity index (χ2n) is 6.11. The van der Waals surface area contributed by atoms with Crippen LogP contribution in [0.5, 0.6) is 0 Å². The van der Waals surface area contributed by atoms with Crippen molar-refractivity contribution in [1.82, 2.24) is 14.8 Å². The lowest BCUT2D eigenvalue weighted by atomic mass is 10.1. The van der Waals surface area contributed by atoms with E-state index in [0.29, 0.717) is 11.2 Å². The summed E-state index contributed by atoms with van der Waals surface area (Å²) in [6.07, 6.45) is 6.00. The molecule has 0 aliphatic carbocycles. The molecule has 0 saturated carbocycles. The number of anilines is 1. The fourth-order valence-corrected chi connectivity index (χ4v) is 4.51. The molecule has 2 aliphatic heterocycles. The van der Waals surface area contributed by atoms with Crippen LogP contribution in [0.25, 0.3) is 0 Å².